The molecule has 10 aromatic carbocycles. The van der Waals surface area contributed by atoms with E-state index in [0.717, 1.165) is 94.3 Å². The van der Waals surface area contributed by atoms with Crippen LogP contribution in [0.5, 0.6) is 0 Å². The molecule has 0 fully saturated rings. The van der Waals surface area contributed by atoms with Crippen LogP contribution in [0.25, 0.3) is 99.2 Å². The summed E-state index contributed by atoms with van der Waals surface area (Å²) in [5, 5.41) is 6.84. The molecule has 0 bridgehead atoms. The third-order valence-corrected chi connectivity index (χ3v) is 12.1. The van der Waals surface area contributed by atoms with E-state index >= 15 is 0 Å². The number of hydrogen-bond acceptors (Lipinski definition) is 3. The minimum Gasteiger partial charge on any atom is -0.455 e. The summed E-state index contributed by atoms with van der Waals surface area (Å²) in [5.41, 5.74) is 15.5. The average molecular weight is 780 g/mol. The van der Waals surface area contributed by atoms with Crippen LogP contribution in [0.4, 0.5) is 17.1 Å². The monoisotopic (exact) mass is 779 g/mol. The molecule has 0 aliphatic carbocycles. The molecule has 0 saturated heterocycles. The topological polar surface area (TPSA) is 29.5 Å². The van der Waals surface area contributed by atoms with Gasteiger partial charge in [-0.3, -0.25) is 0 Å². The number of fused-ring (bicyclic) bond motifs is 7. The predicted octanol–water partition coefficient (Wildman–Crippen LogP) is 16.8. The molecule has 3 heteroatoms. The van der Waals surface area contributed by atoms with Crippen molar-refractivity contribution in [3.8, 4) is 44.5 Å². The number of para-hydroxylation sites is 6. The third kappa shape index (κ3) is 5.74. The first-order chi connectivity index (χ1) is 30.3. The molecule has 61 heavy (non-hydrogen) atoms. The molecule has 12 aromatic rings. The van der Waals surface area contributed by atoms with Gasteiger partial charge in [-0.05, 0) is 69.4 Å². The summed E-state index contributed by atoms with van der Waals surface area (Å²) in [6.07, 6.45) is 0. The van der Waals surface area contributed by atoms with Crippen molar-refractivity contribution in [1.82, 2.24) is 0 Å². The standard InChI is InChI=1S/C58H37NO2/c1-2-17-38(18-3-1)42-27-13-19-39-20-14-29-48(56(39)42)44-23-4-8-33-52(44)59(41-22-12-21-40(37-41)43-28-15-31-50-46-25-6-10-35-54(46)60-57(43)50)53-34-9-5-24-45(53)49-30-16-32-51-47-26-7-11-36-55(47)61-58(49)51/h1-37H. The summed E-state index contributed by atoms with van der Waals surface area (Å²) in [5.74, 6) is 0. The number of anilines is 3. The smallest absolute Gasteiger partial charge is 0.143 e. The van der Waals surface area contributed by atoms with E-state index in [-0.39, 0.29) is 0 Å². The van der Waals surface area contributed by atoms with E-state index in [4.69, 9.17) is 8.83 Å². The lowest BCUT2D eigenvalue weighted by Gasteiger charge is -2.30. The van der Waals surface area contributed by atoms with Crippen molar-refractivity contribution in [3.05, 3.63) is 224 Å². The van der Waals surface area contributed by atoms with Gasteiger partial charge < -0.3 is 13.7 Å². The van der Waals surface area contributed by atoms with E-state index in [9.17, 15) is 0 Å². The largest absolute Gasteiger partial charge is 0.455 e. The van der Waals surface area contributed by atoms with Crippen molar-refractivity contribution in [2.24, 2.45) is 0 Å². The van der Waals surface area contributed by atoms with Crippen molar-refractivity contribution in [2.45, 2.75) is 0 Å². The van der Waals surface area contributed by atoms with Gasteiger partial charge in [-0.15, -0.1) is 0 Å². The zero-order chi connectivity index (χ0) is 40.3. The van der Waals surface area contributed by atoms with Gasteiger partial charge in [0.2, 0.25) is 0 Å². The molecule has 0 unspecified atom stereocenters. The number of benzene rings is 10. The maximum absolute atomic E-state index is 6.69. The van der Waals surface area contributed by atoms with Crippen LogP contribution >= 0.6 is 0 Å². The van der Waals surface area contributed by atoms with Gasteiger partial charge in [-0.25, -0.2) is 0 Å². The Morgan fingerprint density at radius 2 is 0.754 bits per heavy atom. The Balaban J connectivity index is 1.13. The Morgan fingerprint density at radius 3 is 1.44 bits per heavy atom. The van der Waals surface area contributed by atoms with Crippen LogP contribution in [0.3, 0.4) is 0 Å². The van der Waals surface area contributed by atoms with Crippen LogP contribution in [-0.4, -0.2) is 0 Å². The molecular weight excluding hydrogens is 743 g/mol. The normalized spacial score (nSPS) is 11.6. The quantitative estimate of drug-likeness (QED) is 0.161. The Kier molecular flexibility index (Phi) is 8.17. The average Bonchev–Trinajstić information content (AvgIpc) is 3.91. The summed E-state index contributed by atoms with van der Waals surface area (Å²) in [6.45, 7) is 0. The summed E-state index contributed by atoms with van der Waals surface area (Å²) in [6, 6.07) is 79.9. The molecule has 12 rings (SSSR count). The first-order valence-electron chi connectivity index (χ1n) is 20.8. The highest BCUT2D eigenvalue weighted by molar-refractivity contribution is 6.13. The number of rotatable bonds is 7. The molecule has 0 spiro atoms. The lowest BCUT2D eigenvalue weighted by atomic mass is 9.90. The fourth-order valence-electron chi connectivity index (χ4n) is 9.37. The third-order valence-electron chi connectivity index (χ3n) is 12.1. The van der Waals surface area contributed by atoms with Gasteiger partial charge in [0.1, 0.15) is 22.3 Å². The zero-order valence-corrected chi connectivity index (χ0v) is 33.1. The summed E-state index contributed by atoms with van der Waals surface area (Å²) in [7, 11) is 0. The molecule has 0 saturated carbocycles. The van der Waals surface area contributed by atoms with Gasteiger partial charge in [0.25, 0.3) is 0 Å². The molecule has 286 valence electrons. The van der Waals surface area contributed by atoms with Gasteiger partial charge in [0.05, 0.1) is 11.4 Å². The lowest BCUT2D eigenvalue weighted by molar-refractivity contribution is 0.669. The minimum absolute atomic E-state index is 0.872. The van der Waals surface area contributed by atoms with E-state index in [1.807, 2.05) is 18.2 Å². The Hall–Kier alpha value is -8.14. The molecule has 2 aromatic heterocycles. The highest BCUT2D eigenvalue weighted by atomic mass is 16.3. The first kappa shape index (κ1) is 34.9. The van der Waals surface area contributed by atoms with Gasteiger partial charge in [0.15, 0.2) is 0 Å². The van der Waals surface area contributed by atoms with Crippen LogP contribution in [0.15, 0.2) is 233 Å². The Bertz CT molecular complexity index is 3610. The SMILES string of the molecule is c1ccc(-c2cccc3cccc(-c4ccccc4N(c4cccc(-c5cccc6c5oc5ccccc56)c4)c4ccccc4-c4cccc5c4oc4ccccc45)c23)cc1. The molecule has 0 N–H and O–H groups in total. The molecule has 0 aliphatic heterocycles. The summed E-state index contributed by atoms with van der Waals surface area (Å²) >= 11 is 0. The number of nitrogens with zero attached hydrogens (tertiary/aromatic N) is 1. The van der Waals surface area contributed by atoms with E-state index in [1.54, 1.807) is 0 Å². The molecule has 0 amide bonds. The van der Waals surface area contributed by atoms with Gasteiger partial charge >= 0.3 is 0 Å². The number of hydrogen-bond donors (Lipinski definition) is 0. The van der Waals surface area contributed by atoms with Crippen molar-refractivity contribution in [3.63, 3.8) is 0 Å². The van der Waals surface area contributed by atoms with Crippen LogP contribution in [0, 0.1) is 0 Å². The number of furan rings is 2. The Morgan fingerprint density at radius 1 is 0.295 bits per heavy atom. The van der Waals surface area contributed by atoms with Crippen molar-refractivity contribution in [2.75, 3.05) is 4.90 Å². The summed E-state index contributed by atoms with van der Waals surface area (Å²) in [4.78, 5) is 2.43. The molecule has 3 nitrogen and oxygen atoms in total. The van der Waals surface area contributed by atoms with E-state index in [0.29, 0.717) is 0 Å². The lowest BCUT2D eigenvalue weighted by Crippen LogP contribution is -2.12. The van der Waals surface area contributed by atoms with Crippen LogP contribution in [0.2, 0.25) is 0 Å². The fourth-order valence-corrected chi connectivity index (χ4v) is 9.37. The van der Waals surface area contributed by atoms with E-state index in [2.05, 4.69) is 211 Å². The van der Waals surface area contributed by atoms with Crippen molar-refractivity contribution < 1.29 is 8.83 Å². The van der Waals surface area contributed by atoms with Gasteiger partial charge in [-0.1, -0.05) is 188 Å². The minimum atomic E-state index is 0.872. The highest BCUT2D eigenvalue weighted by Crippen LogP contribution is 2.49. The maximum Gasteiger partial charge on any atom is 0.143 e. The second kappa shape index (κ2) is 14.3. The fraction of sp³-hybridized carbons (Fsp3) is 0. The van der Waals surface area contributed by atoms with Gasteiger partial charge in [-0.2, -0.15) is 0 Å². The van der Waals surface area contributed by atoms with E-state index < -0.39 is 0 Å². The molecule has 0 atom stereocenters. The highest BCUT2D eigenvalue weighted by Gasteiger charge is 2.24. The second-order valence-corrected chi connectivity index (χ2v) is 15.6. The molecular formula is C58H37NO2. The van der Waals surface area contributed by atoms with Gasteiger partial charge in [0, 0.05) is 49.5 Å². The van der Waals surface area contributed by atoms with Crippen LogP contribution < -0.4 is 4.90 Å². The second-order valence-electron chi connectivity index (χ2n) is 15.6. The van der Waals surface area contributed by atoms with Crippen molar-refractivity contribution >= 4 is 71.7 Å². The predicted molar refractivity (Wildman–Crippen MR) is 255 cm³/mol. The first-order valence-corrected chi connectivity index (χ1v) is 20.8. The molecule has 0 aliphatic rings. The summed E-state index contributed by atoms with van der Waals surface area (Å²) < 4.78 is 13.3. The van der Waals surface area contributed by atoms with E-state index in [1.165, 1.54) is 21.9 Å². The Labute approximate surface area is 353 Å². The van der Waals surface area contributed by atoms with Crippen LogP contribution in [-0.2, 0) is 0 Å². The van der Waals surface area contributed by atoms with Crippen LogP contribution in [0.1, 0.15) is 0 Å². The molecule has 2 heterocycles. The molecule has 0 radical (unpaired) electrons. The van der Waals surface area contributed by atoms with Crippen molar-refractivity contribution in [1.29, 1.82) is 0 Å². The maximum atomic E-state index is 6.69. The zero-order valence-electron chi connectivity index (χ0n) is 33.1.